The second-order valence-corrected chi connectivity index (χ2v) is 3.46. The van der Waals surface area contributed by atoms with Gasteiger partial charge in [-0.3, -0.25) is 0 Å². The molecular formula is C9H18O4. The lowest BCUT2D eigenvalue weighted by Crippen LogP contribution is -2.33. The molecule has 0 aromatic carbocycles. The van der Waals surface area contributed by atoms with E-state index in [1.54, 1.807) is 7.11 Å². The second-order valence-electron chi connectivity index (χ2n) is 3.46. The molecule has 0 aromatic rings. The Kier molecular flexibility index (Phi) is 4.66. The Morgan fingerprint density at radius 2 is 2.23 bits per heavy atom. The maximum atomic E-state index is 9.56. The third-order valence-corrected chi connectivity index (χ3v) is 2.59. The summed E-state index contributed by atoms with van der Waals surface area (Å²) in [5.74, 6) is 0.0696. The zero-order valence-electron chi connectivity index (χ0n) is 7.98. The van der Waals surface area contributed by atoms with Crippen molar-refractivity contribution in [3.05, 3.63) is 0 Å². The van der Waals surface area contributed by atoms with Crippen molar-refractivity contribution in [2.45, 2.75) is 31.5 Å². The molecule has 1 saturated carbocycles. The maximum Gasteiger partial charge on any atom is 0.146 e. The summed E-state index contributed by atoms with van der Waals surface area (Å²) < 4.78 is 10.0. The number of hydrogen-bond acceptors (Lipinski definition) is 4. The molecule has 0 aliphatic heterocycles. The Morgan fingerprint density at radius 3 is 2.69 bits per heavy atom. The van der Waals surface area contributed by atoms with Crippen molar-refractivity contribution >= 4 is 0 Å². The molecule has 13 heavy (non-hydrogen) atoms. The first-order chi connectivity index (χ1) is 6.29. The summed E-state index contributed by atoms with van der Waals surface area (Å²) in [6.45, 7) is 0.125. The molecule has 1 fully saturated rings. The van der Waals surface area contributed by atoms with Gasteiger partial charge >= 0.3 is 0 Å². The lowest BCUT2D eigenvalue weighted by atomic mass is 9.99. The minimum atomic E-state index is -0.325. The molecule has 3 atom stereocenters. The van der Waals surface area contributed by atoms with Crippen molar-refractivity contribution in [3.63, 3.8) is 0 Å². The smallest absolute Gasteiger partial charge is 0.146 e. The molecular weight excluding hydrogens is 172 g/mol. The molecule has 1 aliphatic carbocycles. The zero-order valence-corrected chi connectivity index (χ0v) is 7.98. The van der Waals surface area contributed by atoms with E-state index in [0.717, 1.165) is 19.3 Å². The molecule has 0 heterocycles. The molecule has 0 unspecified atom stereocenters. The normalized spacial score (nSPS) is 30.7. The molecule has 0 radical (unpaired) electrons. The average Bonchev–Trinajstić information content (AvgIpc) is 2.54. The Labute approximate surface area is 78.5 Å². The first kappa shape index (κ1) is 10.9. The van der Waals surface area contributed by atoms with E-state index in [4.69, 9.17) is 14.6 Å². The topological polar surface area (TPSA) is 58.9 Å². The van der Waals surface area contributed by atoms with Crippen LogP contribution < -0.4 is 0 Å². The standard InChI is InChI=1S/C9H18O4/c1-12-6-13-9(5-10)7-3-2-4-8(7)11/h7-11H,2-6H2,1H3/t7-,8+,9+/m1/s1. The van der Waals surface area contributed by atoms with Gasteiger partial charge in [0.2, 0.25) is 0 Å². The summed E-state index contributed by atoms with van der Waals surface area (Å²) >= 11 is 0. The van der Waals surface area contributed by atoms with Gasteiger partial charge in [0.1, 0.15) is 6.79 Å². The van der Waals surface area contributed by atoms with Crippen LogP contribution in [0.15, 0.2) is 0 Å². The summed E-state index contributed by atoms with van der Waals surface area (Å²) in [5.41, 5.74) is 0. The van der Waals surface area contributed by atoms with Crippen LogP contribution >= 0.6 is 0 Å². The Hall–Kier alpha value is -0.160. The van der Waals surface area contributed by atoms with Crippen LogP contribution in [0.25, 0.3) is 0 Å². The van der Waals surface area contributed by atoms with Crippen molar-refractivity contribution in [2.24, 2.45) is 5.92 Å². The van der Waals surface area contributed by atoms with Gasteiger partial charge < -0.3 is 19.7 Å². The fourth-order valence-electron chi connectivity index (χ4n) is 1.87. The van der Waals surface area contributed by atoms with Gasteiger partial charge in [0, 0.05) is 13.0 Å². The molecule has 1 rings (SSSR count). The highest BCUT2D eigenvalue weighted by molar-refractivity contribution is 4.82. The van der Waals surface area contributed by atoms with E-state index in [9.17, 15) is 5.11 Å². The summed E-state index contributed by atoms with van der Waals surface area (Å²) in [6, 6.07) is 0. The van der Waals surface area contributed by atoms with Crippen LogP contribution in [0.1, 0.15) is 19.3 Å². The molecule has 0 bridgehead atoms. The summed E-state index contributed by atoms with van der Waals surface area (Å²) in [5, 5.41) is 18.6. The average molecular weight is 190 g/mol. The highest BCUT2D eigenvalue weighted by atomic mass is 16.7. The SMILES string of the molecule is COCO[C@@H](CO)[C@@H]1CCC[C@@H]1O. The molecule has 1 aliphatic rings. The Morgan fingerprint density at radius 1 is 1.46 bits per heavy atom. The van der Waals surface area contributed by atoms with E-state index in [-0.39, 0.29) is 31.5 Å². The van der Waals surface area contributed by atoms with E-state index in [1.807, 2.05) is 0 Å². The fraction of sp³-hybridized carbons (Fsp3) is 1.00. The second kappa shape index (κ2) is 5.54. The largest absolute Gasteiger partial charge is 0.394 e. The summed E-state index contributed by atoms with van der Waals surface area (Å²) in [7, 11) is 1.54. The summed E-state index contributed by atoms with van der Waals surface area (Å²) in [6.07, 6.45) is 2.15. The van der Waals surface area contributed by atoms with Gasteiger partial charge in [-0.2, -0.15) is 0 Å². The van der Waals surface area contributed by atoms with Gasteiger partial charge in [-0.05, 0) is 12.8 Å². The van der Waals surface area contributed by atoms with Gasteiger partial charge in [0.15, 0.2) is 0 Å². The number of rotatable bonds is 5. The quantitative estimate of drug-likeness (QED) is 0.605. The van der Waals surface area contributed by atoms with E-state index >= 15 is 0 Å². The van der Waals surface area contributed by atoms with Crippen LogP contribution in [0.5, 0.6) is 0 Å². The van der Waals surface area contributed by atoms with E-state index in [0.29, 0.717) is 0 Å². The van der Waals surface area contributed by atoms with Crippen LogP contribution in [-0.4, -0.2) is 42.9 Å². The summed E-state index contributed by atoms with van der Waals surface area (Å²) in [4.78, 5) is 0. The maximum absolute atomic E-state index is 9.56. The Balaban J connectivity index is 2.35. The highest BCUT2D eigenvalue weighted by Gasteiger charge is 2.32. The van der Waals surface area contributed by atoms with Gasteiger partial charge in [-0.1, -0.05) is 6.42 Å². The van der Waals surface area contributed by atoms with Crippen LogP contribution in [0, 0.1) is 5.92 Å². The van der Waals surface area contributed by atoms with Crippen molar-refractivity contribution in [3.8, 4) is 0 Å². The van der Waals surface area contributed by atoms with Crippen molar-refractivity contribution in [1.29, 1.82) is 0 Å². The third-order valence-electron chi connectivity index (χ3n) is 2.59. The fourth-order valence-corrected chi connectivity index (χ4v) is 1.87. The number of methoxy groups -OCH3 is 1. The minimum absolute atomic E-state index is 0.0505. The van der Waals surface area contributed by atoms with Crippen LogP contribution in [0.4, 0.5) is 0 Å². The molecule has 0 aromatic heterocycles. The zero-order chi connectivity index (χ0) is 9.68. The number of aliphatic hydroxyl groups excluding tert-OH is 2. The molecule has 0 amide bonds. The molecule has 2 N–H and O–H groups in total. The number of ether oxygens (including phenoxy) is 2. The van der Waals surface area contributed by atoms with Gasteiger partial charge in [-0.25, -0.2) is 0 Å². The lowest BCUT2D eigenvalue weighted by molar-refractivity contribution is -0.119. The molecule has 4 nitrogen and oxygen atoms in total. The first-order valence-corrected chi connectivity index (χ1v) is 4.69. The van der Waals surface area contributed by atoms with Crippen molar-refractivity contribution in [1.82, 2.24) is 0 Å². The molecule has 0 spiro atoms. The van der Waals surface area contributed by atoms with Gasteiger partial charge in [0.05, 0.1) is 18.8 Å². The van der Waals surface area contributed by atoms with Gasteiger partial charge in [-0.15, -0.1) is 0 Å². The third kappa shape index (κ3) is 2.91. The predicted octanol–water partition coefficient (Wildman–Crippen LogP) is 0.129. The van der Waals surface area contributed by atoms with Crippen LogP contribution in [0.3, 0.4) is 0 Å². The lowest BCUT2D eigenvalue weighted by Gasteiger charge is -2.24. The predicted molar refractivity (Wildman–Crippen MR) is 47.2 cm³/mol. The minimum Gasteiger partial charge on any atom is -0.394 e. The number of hydrogen-bond donors (Lipinski definition) is 2. The molecule has 78 valence electrons. The van der Waals surface area contributed by atoms with E-state index in [1.165, 1.54) is 0 Å². The van der Waals surface area contributed by atoms with Crippen LogP contribution in [0.2, 0.25) is 0 Å². The van der Waals surface area contributed by atoms with Crippen molar-refractivity contribution < 1.29 is 19.7 Å². The Bertz CT molecular complexity index is 140. The highest BCUT2D eigenvalue weighted by Crippen LogP contribution is 2.29. The number of aliphatic hydroxyl groups is 2. The van der Waals surface area contributed by atoms with Crippen molar-refractivity contribution in [2.75, 3.05) is 20.5 Å². The molecule has 4 heteroatoms. The van der Waals surface area contributed by atoms with E-state index < -0.39 is 0 Å². The molecule has 0 saturated heterocycles. The van der Waals surface area contributed by atoms with Gasteiger partial charge in [0.25, 0.3) is 0 Å². The van der Waals surface area contributed by atoms with E-state index in [2.05, 4.69) is 0 Å². The van der Waals surface area contributed by atoms with Crippen LogP contribution in [-0.2, 0) is 9.47 Å². The first-order valence-electron chi connectivity index (χ1n) is 4.69. The monoisotopic (exact) mass is 190 g/mol.